The molecule has 0 spiro atoms. The Labute approximate surface area is 109 Å². The summed E-state index contributed by atoms with van der Waals surface area (Å²) in [5, 5.41) is 0. The second-order valence-corrected chi connectivity index (χ2v) is 5.44. The number of anilines is 1. The van der Waals surface area contributed by atoms with Crippen LogP contribution in [0.3, 0.4) is 0 Å². The van der Waals surface area contributed by atoms with Gasteiger partial charge in [0, 0.05) is 18.6 Å². The van der Waals surface area contributed by atoms with Crippen LogP contribution < -0.4 is 4.72 Å². The highest BCUT2D eigenvalue weighted by atomic mass is 32.2. The van der Waals surface area contributed by atoms with Crippen molar-refractivity contribution in [2.45, 2.75) is 0 Å². The molecule has 0 aromatic carbocycles. The van der Waals surface area contributed by atoms with Crippen molar-refractivity contribution in [2.75, 3.05) is 11.0 Å². The SMILES string of the molecule is CS(=O)(=O)Nc1ncccc1C(=O)c1cnccn1. The molecule has 0 aliphatic heterocycles. The molecular formula is C11H10N4O3S. The number of aromatic nitrogens is 3. The van der Waals surface area contributed by atoms with Gasteiger partial charge in [0.15, 0.2) is 5.82 Å². The zero-order chi connectivity index (χ0) is 13.9. The van der Waals surface area contributed by atoms with Crippen molar-refractivity contribution in [3.05, 3.63) is 48.2 Å². The van der Waals surface area contributed by atoms with Gasteiger partial charge in [-0.05, 0) is 12.1 Å². The number of rotatable bonds is 4. The van der Waals surface area contributed by atoms with Gasteiger partial charge in [-0.2, -0.15) is 0 Å². The summed E-state index contributed by atoms with van der Waals surface area (Å²) in [5.41, 5.74) is 0.237. The Morgan fingerprint density at radius 2 is 2.00 bits per heavy atom. The molecule has 0 amide bonds. The molecule has 2 aromatic heterocycles. The summed E-state index contributed by atoms with van der Waals surface area (Å²) in [6, 6.07) is 3.01. The summed E-state index contributed by atoms with van der Waals surface area (Å²) in [5.74, 6) is -0.479. The third kappa shape index (κ3) is 3.32. The number of hydrogen-bond acceptors (Lipinski definition) is 6. The van der Waals surface area contributed by atoms with Crippen LogP contribution in [0.15, 0.2) is 36.9 Å². The monoisotopic (exact) mass is 278 g/mol. The third-order valence-electron chi connectivity index (χ3n) is 2.13. The molecule has 2 aromatic rings. The predicted octanol–water partition coefficient (Wildman–Crippen LogP) is 0.474. The van der Waals surface area contributed by atoms with Gasteiger partial charge in [-0.25, -0.2) is 18.4 Å². The van der Waals surface area contributed by atoms with Gasteiger partial charge in [-0.15, -0.1) is 0 Å². The normalized spacial score (nSPS) is 11.0. The Bertz CT molecular complexity index is 701. The van der Waals surface area contributed by atoms with E-state index in [4.69, 9.17) is 0 Å². The molecule has 98 valence electrons. The van der Waals surface area contributed by atoms with Crippen molar-refractivity contribution in [1.29, 1.82) is 0 Å². The number of carbonyl (C=O) groups is 1. The van der Waals surface area contributed by atoms with Gasteiger partial charge >= 0.3 is 0 Å². The molecule has 0 aliphatic carbocycles. The van der Waals surface area contributed by atoms with Crippen LogP contribution in [0.25, 0.3) is 0 Å². The van der Waals surface area contributed by atoms with E-state index >= 15 is 0 Å². The lowest BCUT2D eigenvalue weighted by atomic mass is 10.1. The minimum Gasteiger partial charge on any atom is -0.287 e. The number of pyridine rings is 1. The van der Waals surface area contributed by atoms with Crippen LogP contribution in [0.1, 0.15) is 16.1 Å². The first-order valence-electron chi connectivity index (χ1n) is 5.21. The first kappa shape index (κ1) is 13.1. The van der Waals surface area contributed by atoms with E-state index in [0.29, 0.717) is 0 Å². The van der Waals surface area contributed by atoms with Crippen LogP contribution in [0.4, 0.5) is 5.82 Å². The van der Waals surface area contributed by atoms with Gasteiger partial charge in [0.2, 0.25) is 15.8 Å². The fourth-order valence-corrected chi connectivity index (χ4v) is 1.91. The summed E-state index contributed by atoms with van der Waals surface area (Å²) >= 11 is 0. The third-order valence-corrected chi connectivity index (χ3v) is 2.69. The number of ketones is 1. The van der Waals surface area contributed by atoms with Gasteiger partial charge in [0.1, 0.15) is 5.69 Å². The topological polar surface area (TPSA) is 102 Å². The minimum absolute atomic E-state index is 0.0272. The lowest BCUT2D eigenvalue weighted by Gasteiger charge is -2.07. The molecule has 19 heavy (non-hydrogen) atoms. The smallest absolute Gasteiger partial charge is 0.230 e. The van der Waals surface area contributed by atoms with Crippen molar-refractivity contribution < 1.29 is 13.2 Å². The van der Waals surface area contributed by atoms with E-state index in [9.17, 15) is 13.2 Å². The van der Waals surface area contributed by atoms with Crippen molar-refractivity contribution in [3.8, 4) is 0 Å². The van der Waals surface area contributed by atoms with Gasteiger partial charge < -0.3 is 0 Å². The van der Waals surface area contributed by atoms with Gasteiger partial charge in [0.05, 0.1) is 18.0 Å². The van der Waals surface area contributed by atoms with Crippen LogP contribution in [-0.2, 0) is 10.0 Å². The number of nitrogens with one attached hydrogen (secondary N) is 1. The van der Waals surface area contributed by atoms with Crippen LogP contribution in [0.2, 0.25) is 0 Å². The van der Waals surface area contributed by atoms with E-state index in [-0.39, 0.29) is 17.1 Å². The van der Waals surface area contributed by atoms with E-state index in [0.717, 1.165) is 6.26 Å². The van der Waals surface area contributed by atoms with Crippen molar-refractivity contribution in [1.82, 2.24) is 15.0 Å². The molecule has 2 heterocycles. The standard InChI is InChI=1S/C11H10N4O3S/c1-19(17,18)15-11-8(3-2-4-14-11)10(16)9-7-12-5-6-13-9/h2-7H,1H3,(H,14,15). The number of sulfonamides is 1. The zero-order valence-corrected chi connectivity index (χ0v) is 10.8. The molecule has 0 fully saturated rings. The Hall–Kier alpha value is -2.35. The highest BCUT2D eigenvalue weighted by molar-refractivity contribution is 7.92. The minimum atomic E-state index is -3.52. The van der Waals surface area contributed by atoms with Crippen LogP contribution in [-0.4, -0.2) is 35.4 Å². The first-order chi connectivity index (χ1) is 8.97. The maximum absolute atomic E-state index is 12.2. The van der Waals surface area contributed by atoms with Gasteiger partial charge in [0.25, 0.3) is 0 Å². The largest absolute Gasteiger partial charge is 0.287 e. The maximum Gasteiger partial charge on any atom is 0.230 e. The number of nitrogens with zero attached hydrogens (tertiary/aromatic N) is 3. The zero-order valence-electron chi connectivity index (χ0n) is 9.94. The van der Waals surface area contributed by atoms with Crippen molar-refractivity contribution in [2.24, 2.45) is 0 Å². The molecular weight excluding hydrogens is 268 g/mol. The molecule has 7 nitrogen and oxygen atoms in total. The highest BCUT2D eigenvalue weighted by Gasteiger charge is 2.17. The second-order valence-electron chi connectivity index (χ2n) is 3.69. The van der Waals surface area contributed by atoms with Gasteiger partial charge in [-0.1, -0.05) is 0 Å². The van der Waals surface area contributed by atoms with E-state index in [1.807, 2.05) is 0 Å². The Balaban J connectivity index is 2.43. The Morgan fingerprint density at radius 3 is 2.63 bits per heavy atom. The average Bonchev–Trinajstić information content (AvgIpc) is 2.38. The Kier molecular flexibility index (Phi) is 3.52. The first-order valence-corrected chi connectivity index (χ1v) is 7.10. The Morgan fingerprint density at radius 1 is 1.21 bits per heavy atom. The number of hydrogen-bond donors (Lipinski definition) is 1. The molecule has 1 N–H and O–H groups in total. The molecule has 0 saturated heterocycles. The molecule has 0 radical (unpaired) electrons. The van der Waals surface area contributed by atoms with Crippen LogP contribution in [0.5, 0.6) is 0 Å². The summed E-state index contributed by atoms with van der Waals surface area (Å²) in [6.45, 7) is 0. The summed E-state index contributed by atoms with van der Waals surface area (Å²) in [6.07, 6.45) is 6.50. The molecule has 0 aliphatic rings. The number of carbonyl (C=O) groups excluding carboxylic acids is 1. The molecule has 8 heteroatoms. The van der Waals surface area contributed by atoms with Crippen molar-refractivity contribution >= 4 is 21.6 Å². The molecule has 0 unspecified atom stereocenters. The fraction of sp³-hybridized carbons (Fsp3) is 0.0909. The van der Waals surface area contributed by atoms with E-state index in [1.165, 1.54) is 36.9 Å². The quantitative estimate of drug-likeness (QED) is 0.816. The lowest BCUT2D eigenvalue weighted by Crippen LogP contribution is -2.15. The second kappa shape index (κ2) is 5.11. The lowest BCUT2D eigenvalue weighted by molar-refractivity contribution is 0.103. The van der Waals surface area contributed by atoms with Crippen LogP contribution >= 0.6 is 0 Å². The van der Waals surface area contributed by atoms with E-state index in [2.05, 4.69) is 19.7 Å². The summed E-state index contributed by atoms with van der Waals surface area (Å²) in [7, 11) is -3.52. The summed E-state index contributed by atoms with van der Waals surface area (Å²) < 4.78 is 24.6. The highest BCUT2D eigenvalue weighted by Crippen LogP contribution is 2.16. The summed E-state index contributed by atoms with van der Waals surface area (Å²) in [4.78, 5) is 23.7. The van der Waals surface area contributed by atoms with Crippen LogP contribution in [0, 0.1) is 0 Å². The van der Waals surface area contributed by atoms with E-state index < -0.39 is 15.8 Å². The molecule has 0 bridgehead atoms. The average molecular weight is 278 g/mol. The molecule has 2 rings (SSSR count). The van der Waals surface area contributed by atoms with Crippen molar-refractivity contribution in [3.63, 3.8) is 0 Å². The molecule has 0 atom stereocenters. The maximum atomic E-state index is 12.2. The molecule has 0 saturated carbocycles. The fourth-order valence-electron chi connectivity index (χ4n) is 1.40. The predicted molar refractivity (Wildman–Crippen MR) is 68.2 cm³/mol. The van der Waals surface area contributed by atoms with E-state index in [1.54, 1.807) is 0 Å². The van der Waals surface area contributed by atoms with Gasteiger partial charge in [-0.3, -0.25) is 14.5 Å².